The molecule has 0 radical (unpaired) electrons. The van der Waals surface area contributed by atoms with E-state index < -0.39 is 7.82 Å². The van der Waals surface area contributed by atoms with Gasteiger partial charge in [-0.05, 0) is 6.92 Å². The molecule has 0 aliphatic carbocycles. The van der Waals surface area contributed by atoms with E-state index in [2.05, 4.69) is 14.6 Å². The highest BCUT2D eigenvalue weighted by molar-refractivity contribution is 7.46. The Hall–Kier alpha value is 0.0300. The van der Waals surface area contributed by atoms with E-state index in [1.54, 1.807) is 6.92 Å². The van der Waals surface area contributed by atoms with Crippen molar-refractivity contribution in [2.45, 2.75) is 6.92 Å². The van der Waals surface area contributed by atoms with Gasteiger partial charge in [-0.25, -0.2) is 9.45 Å². The smallest absolute Gasteiger partial charge is 0.301 e. The van der Waals surface area contributed by atoms with Crippen LogP contribution >= 0.6 is 7.82 Å². The summed E-state index contributed by atoms with van der Waals surface area (Å²) in [6.07, 6.45) is 0. The molecule has 0 unspecified atom stereocenters. The number of phosphoric acid groups is 1. The molecule has 2 N–H and O–H groups in total. The third-order valence-electron chi connectivity index (χ3n) is 0.293. The fraction of sp³-hybridized carbons (Fsp3) is 1.00. The molecule has 0 aromatic rings. The summed E-state index contributed by atoms with van der Waals surface area (Å²) >= 11 is 0. The first-order valence-electron chi connectivity index (χ1n) is 2.09. The van der Waals surface area contributed by atoms with Crippen LogP contribution in [-0.2, 0) is 19.2 Å². The van der Waals surface area contributed by atoms with Crippen molar-refractivity contribution in [3.05, 3.63) is 0 Å². The molecule has 0 saturated heterocycles. The highest BCUT2D eigenvalue weighted by Gasteiger charge is 2.15. The molecule has 0 bridgehead atoms. The molecule has 0 spiro atoms. The van der Waals surface area contributed by atoms with Crippen LogP contribution in [0.5, 0.6) is 0 Å². The number of rotatable bonds is 4. The van der Waals surface area contributed by atoms with Gasteiger partial charge in [0, 0.05) is 0 Å². The highest BCUT2D eigenvalue weighted by Crippen LogP contribution is 2.35. The summed E-state index contributed by atoms with van der Waals surface area (Å²) in [6.45, 7) is 1.73. The third-order valence-corrected chi connectivity index (χ3v) is 0.549. The fourth-order valence-electron chi connectivity index (χ4n) is 0.109. The molecule has 0 aromatic carbocycles. The van der Waals surface area contributed by atoms with Gasteiger partial charge in [0.1, 0.15) is 0 Å². The van der Waals surface area contributed by atoms with E-state index in [9.17, 15) is 4.57 Å². The summed E-state index contributed by atoms with van der Waals surface area (Å²) in [5.74, 6) is 0. The van der Waals surface area contributed by atoms with Crippen molar-refractivity contribution < 1.29 is 29.0 Å². The van der Waals surface area contributed by atoms with Gasteiger partial charge in [-0.3, -0.25) is 0 Å². The molecule has 9 heavy (non-hydrogen) atoms. The molecule has 0 amide bonds. The average Bonchev–Trinajstić information content (AvgIpc) is 1.63. The Labute approximate surface area is 51.4 Å². The Bertz CT molecular complexity index is 106. The van der Waals surface area contributed by atoms with E-state index in [0.29, 0.717) is 0 Å². The van der Waals surface area contributed by atoms with Crippen molar-refractivity contribution in [3.63, 3.8) is 0 Å². The Morgan fingerprint density at radius 2 is 2.11 bits per heavy atom. The van der Waals surface area contributed by atoms with Crippen LogP contribution in [-0.4, -0.2) is 16.4 Å². The van der Waals surface area contributed by atoms with Gasteiger partial charge in [0.2, 0.25) is 0 Å². The first-order valence-corrected chi connectivity index (χ1v) is 3.62. The minimum atomic E-state index is -4.54. The molecule has 0 fully saturated rings. The molecule has 0 saturated carbocycles. The maximum absolute atomic E-state index is 9.77. The minimum Gasteiger partial charge on any atom is -0.301 e. The lowest BCUT2D eigenvalue weighted by molar-refractivity contribution is -0.470. The summed E-state index contributed by atoms with van der Waals surface area (Å²) in [6, 6.07) is 0. The largest absolute Gasteiger partial charge is 0.499 e. The molecule has 0 rings (SSSR count). The van der Waals surface area contributed by atoms with Crippen LogP contribution in [0.4, 0.5) is 0 Å². The van der Waals surface area contributed by atoms with Crippen LogP contribution in [0.2, 0.25) is 0 Å². The molecule has 0 aliphatic rings. The SMILES string of the molecule is CCOOOP(=O)(O)O. The quantitative estimate of drug-likeness (QED) is 0.259. The van der Waals surface area contributed by atoms with Crippen molar-refractivity contribution in [2.75, 3.05) is 6.61 Å². The Morgan fingerprint density at radius 1 is 1.56 bits per heavy atom. The van der Waals surface area contributed by atoms with Gasteiger partial charge in [-0.2, -0.15) is 0 Å². The van der Waals surface area contributed by atoms with E-state index in [0.717, 1.165) is 0 Å². The second kappa shape index (κ2) is 3.94. The fourth-order valence-corrected chi connectivity index (χ4v) is 0.232. The van der Waals surface area contributed by atoms with E-state index in [1.807, 2.05) is 0 Å². The molecule has 0 atom stereocenters. The summed E-state index contributed by atoms with van der Waals surface area (Å²) < 4.78 is 13.2. The van der Waals surface area contributed by atoms with Gasteiger partial charge < -0.3 is 9.79 Å². The third kappa shape index (κ3) is 8.03. The summed E-state index contributed by atoms with van der Waals surface area (Å²) in [5, 5.41) is 3.58. The van der Waals surface area contributed by atoms with Gasteiger partial charge in [0.05, 0.1) is 6.61 Å². The zero-order valence-electron chi connectivity index (χ0n) is 4.68. The molecule has 0 aliphatic heterocycles. The standard InChI is InChI=1S/C2H7O6P/c1-2-6-7-8-9(3,4)5/h2H2,1H3,(H2,3,4,5). The molecule has 0 aromatic heterocycles. The second-order valence-electron chi connectivity index (χ2n) is 1.04. The van der Waals surface area contributed by atoms with Gasteiger partial charge >= 0.3 is 7.82 Å². The zero-order valence-corrected chi connectivity index (χ0v) is 5.58. The first kappa shape index (κ1) is 9.03. The maximum Gasteiger partial charge on any atom is 0.499 e. The average molecular weight is 158 g/mol. The first-order chi connectivity index (χ1) is 4.06. The summed E-state index contributed by atoms with van der Waals surface area (Å²) in [4.78, 5) is 19.9. The number of hydrogen-bond donors (Lipinski definition) is 2. The van der Waals surface area contributed by atoms with Crippen LogP contribution in [0.3, 0.4) is 0 Å². The summed E-state index contributed by atoms with van der Waals surface area (Å²) in [5.41, 5.74) is 0. The number of hydrogen-bond acceptors (Lipinski definition) is 4. The predicted octanol–water partition coefficient (Wildman–Crippen LogP) is -0.0212. The van der Waals surface area contributed by atoms with Crippen molar-refractivity contribution >= 4 is 7.82 Å². The highest BCUT2D eigenvalue weighted by atomic mass is 31.2. The van der Waals surface area contributed by atoms with E-state index in [1.165, 1.54) is 0 Å². The van der Waals surface area contributed by atoms with Crippen LogP contribution in [0.1, 0.15) is 6.92 Å². The van der Waals surface area contributed by atoms with Crippen molar-refractivity contribution in [1.82, 2.24) is 0 Å². The normalized spacial score (nSPS) is 11.9. The van der Waals surface area contributed by atoms with Gasteiger partial charge in [0.15, 0.2) is 0 Å². The Morgan fingerprint density at radius 3 is 2.44 bits per heavy atom. The molecule has 6 nitrogen and oxygen atoms in total. The molecule has 0 heterocycles. The van der Waals surface area contributed by atoms with E-state index in [-0.39, 0.29) is 6.61 Å². The molecule has 56 valence electrons. The zero-order chi connectivity index (χ0) is 7.33. The lowest BCUT2D eigenvalue weighted by atomic mass is 10.9. The van der Waals surface area contributed by atoms with Crippen molar-refractivity contribution in [3.8, 4) is 0 Å². The van der Waals surface area contributed by atoms with Crippen LogP contribution < -0.4 is 0 Å². The maximum atomic E-state index is 9.77. The summed E-state index contributed by atoms with van der Waals surface area (Å²) in [7, 11) is -4.54. The Balaban J connectivity index is 3.18. The van der Waals surface area contributed by atoms with Crippen molar-refractivity contribution in [2.24, 2.45) is 0 Å². The molecule has 7 heteroatoms. The monoisotopic (exact) mass is 158 g/mol. The van der Waals surface area contributed by atoms with E-state index in [4.69, 9.17) is 9.79 Å². The Kier molecular flexibility index (Phi) is 3.96. The van der Waals surface area contributed by atoms with Gasteiger partial charge in [-0.15, -0.1) is 0 Å². The van der Waals surface area contributed by atoms with Crippen molar-refractivity contribution in [1.29, 1.82) is 0 Å². The van der Waals surface area contributed by atoms with Gasteiger partial charge in [-0.1, -0.05) is 9.71 Å². The van der Waals surface area contributed by atoms with Crippen LogP contribution in [0, 0.1) is 0 Å². The van der Waals surface area contributed by atoms with E-state index >= 15 is 0 Å². The predicted molar refractivity (Wildman–Crippen MR) is 25.8 cm³/mol. The topological polar surface area (TPSA) is 85.2 Å². The molecular formula is C2H7O6P. The van der Waals surface area contributed by atoms with Crippen LogP contribution in [0.25, 0.3) is 0 Å². The van der Waals surface area contributed by atoms with Gasteiger partial charge in [0.25, 0.3) is 0 Å². The van der Waals surface area contributed by atoms with Crippen LogP contribution in [0.15, 0.2) is 0 Å². The minimum absolute atomic E-state index is 0.153. The lowest BCUT2D eigenvalue weighted by Gasteiger charge is -2.00. The second-order valence-corrected chi connectivity index (χ2v) is 2.17. The molecular weight excluding hydrogens is 151 g/mol. The lowest BCUT2D eigenvalue weighted by Crippen LogP contribution is -1.93.